The third-order valence-corrected chi connectivity index (χ3v) is 6.41. The third kappa shape index (κ3) is 4.50. The van der Waals surface area contributed by atoms with E-state index in [1.807, 2.05) is 55.5 Å². The molecule has 0 aromatic heterocycles. The number of Topliss-reactive ketones (excluding diaryl/α,β-unsaturated/α-hetero) is 1. The number of hydrogen-bond acceptors (Lipinski definition) is 4. The molecule has 1 unspecified atom stereocenters. The van der Waals surface area contributed by atoms with Crippen LogP contribution in [0.5, 0.6) is 5.75 Å². The van der Waals surface area contributed by atoms with Crippen molar-refractivity contribution in [1.82, 2.24) is 0 Å². The normalized spacial score (nSPS) is 17.4. The second kappa shape index (κ2) is 9.85. The maximum atomic E-state index is 13.3. The first-order valence-electron chi connectivity index (χ1n) is 11.2. The molecule has 1 atom stereocenters. The van der Waals surface area contributed by atoms with E-state index < -0.39 is 17.7 Å². The Bertz CT molecular complexity index is 1250. The van der Waals surface area contributed by atoms with Crippen LogP contribution in [0.2, 0.25) is 0 Å². The lowest BCUT2D eigenvalue weighted by Gasteiger charge is -2.26. The van der Waals surface area contributed by atoms with Gasteiger partial charge in [-0.05, 0) is 60.4 Å². The largest absolute Gasteiger partial charge is 0.507 e. The van der Waals surface area contributed by atoms with Gasteiger partial charge in [0.05, 0.1) is 18.2 Å². The number of benzene rings is 3. The van der Waals surface area contributed by atoms with Crippen molar-refractivity contribution in [3.05, 3.63) is 99.5 Å². The maximum absolute atomic E-state index is 13.3. The summed E-state index contributed by atoms with van der Waals surface area (Å²) in [5.74, 6) is -0.646. The van der Waals surface area contributed by atoms with E-state index in [9.17, 15) is 14.7 Å². The standard InChI is InChI=1S/C28H26BrNO4/c1-4-34-23-7-5-6-20(16-23)25-24(26(31)19-8-12-21(29)13-9-19)27(32)28(33)30(25)22-14-10-18(11-15-22)17(2)3/h5-17,25,31H,4H2,1-3H3/b26-24-. The molecular formula is C28H26BrNO4. The van der Waals surface area contributed by atoms with Gasteiger partial charge in [-0.15, -0.1) is 0 Å². The minimum Gasteiger partial charge on any atom is -0.507 e. The number of rotatable bonds is 6. The Balaban J connectivity index is 1.91. The number of anilines is 1. The molecule has 34 heavy (non-hydrogen) atoms. The number of aliphatic hydroxyl groups excluding tert-OH is 1. The fraction of sp³-hybridized carbons (Fsp3) is 0.214. The first-order valence-corrected chi connectivity index (χ1v) is 12.0. The highest BCUT2D eigenvalue weighted by Crippen LogP contribution is 2.43. The fourth-order valence-electron chi connectivity index (χ4n) is 4.14. The Morgan fingerprint density at radius 3 is 2.32 bits per heavy atom. The average molecular weight is 520 g/mol. The van der Waals surface area contributed by atoms with E-state index in [2.05, 4.69) is 29.8 Å². The van der Waals surface area contributed by atoms with Crippen molar-refractivity contribution in [3.63, 3.8) is 0 Å². The smallest absolute Gasteiger partial charge is 0.300 e. The summed E-state index contributed by atoms with van der Waals surface area (Å²) in [4.78, 5) is 28.1. The predicted octanol–water partition coefficient (Wildman–Crippen LogP) is 6.60. The van der Waals surface area contributed by atoms with Gasteiger partial charge in [0, 0.05) is 15.7 Å². The number of carbonyl (C=O) groups is 2. The van der Waals surface area contributed by atoms with Gasteiger partial charge >= 0.3 is 0 Å². The van der Waals surface area contributed by atoms with Gasteiger partial charge in [-0.3, -0.25) is 14.5 Å². The van der Waals surface area contributed by atoms with Crippen LogP contribution in [0, 0.1) is 0 Å². The first-order chi connectivity index (χ1) is 16.3. The SMILES string of the molecule is CCOc1cccc(C2/C(=C(/O)c3ccc(Br)cc3)C(=O)C(=O)N2c2ccc(C(C)C)cc2)c1. The van der Waals surface area contributed by atoms with E-state index in [0.717, 1.165) is 10.0 Å². The maximum Gasteiger partial charge on any atom is 0.300 e. The number of halogens is 1. The molecule has 1 aliphatic rings. The summed E-state index contributed by atoms with van der Waals surface area (Å²) >= 11 is 3.39. The summed E-state index contributed by atoms with van der Waals surface area (Å²) < 4.78 is 6.51. The minimum absolute atomic E-state index is 0.0499. The lowest BCUT2D eigenvalue weighted by atomic mass is 9.94. The molecule has 0 saturated carbocycles. The number of aliphatic hydroxyl groups is 1. The molecule has 1 fully saturated rings. The van der Waals surface area contributed by atoms with Crippen molar-refractivity contribution in [2.75, 3.05) is 11.5 Å². The zero-order chi connectivity index (χ0) is 24.4. The second-order valence-electron chi connectivity index (χ2n) is 8.43. The fourth-order valence-corrected chi connectivity index (χ4v) is 4.40. The van der Waals surface area contributed by atoms with Crippen LogP contribution in [0.15, 0.2) is 82.8 Å². The molecule has 1 saturated heterocycles. The van der Waals surface area contributed by atoms with Gasteiger partial charge < -0.3 is 9.84 Å². The number of ketones is 1. The third-order valence-electron chi connectivity index (χ3n) is 5.88. The van der Waals surface area contributed by atoms with E-state index in [1.54, 1.807) is 24.3 Å². The van der Waals surface area contributed by atoms with Gasteiger partial charge in [0.15, 0.2) is 0 Å². The highest BCUT2D eigenvalue weighted by Gasteiger charge is 2.47. The van der Waals surface area contributed by atoms with Gasteiger partial charge in [0.25, 0.3) is 11.7 Å². The molecule has 6 heteroatoms. The van der Waals surface area contributed by atoms with Crippen LogP contribution in [0.3, 0.4) is 0 Å². The highest BCUT2D eigenvalue weighted by molar-refractivity contribution is 9.10. The molecule has 174 valence electrons. The number of amides is 1. The number of hydrogen-bond donors (Lipinski definition) is 1. The van der Waals surface area contributed by atoms with E-state index >= 15 is 0 Å². The lowest BCUT2D eigenvalue weighted by Crippen LogP contribution is -2.29. The molecule has 4 rings (SSSR count). The lowest BCUT2D eigenvalue weighted by molar-refractivity contribution is -0.132. The molecule has 1 heterocycles. The van der Waals surface area contributed by atoms with Gasteiger partial charge in [-0.2, -0.15) is 0 Å². The van der Waals surface area contributed by atoms with E-state index in [4.69, 9.17) is 4.74 Å². The molecule has 3 aromatic carbocycles. The molecular weight excluding hydrogens is 494 g/mol. The van der Waals surface area contributed by atoms with Gasteiger partial charge in [0.2, 0.25) is 0 Å². The number of nitrogens with zero attached hydrogens (tertiary/aromatic N) is 1. The molecule has 3 aromatic rings. The topological polar surface area (TPSA) is 66.8 Å². The van der Waals surface area contributed by atoms with E-state index in [-0.39, 0.29) is 11.3 Å². The Morgan fingerprint density at radius 2 is 1.71 bits per heavy atom. The van der Waals surface area contributed by atoms with Crippen molar-refractivity contribution in [2.24, 2.45) is 0 Å². The highest BCUT2D eigenvalue weighted by atomic mass is 79.9. The molecule has 0 bridgehead atoms. The molecule has 0 spiro atoms. The van der Waals surface area contributed by atoms with Crippen LogP contribution in [0.1, 0.15) is 49.4 Å². The predicted molar refractivity (Wildman–Crippen MR) is 137 cm³/mol. The summed E-state index contributed by atoms with van der Waals surface area (Å²) in [5, 5.41) is 11.2. The first kappa shape index (κ1) is 23.8. The molecule has 5 nitrogen and oxygen atoms in total. The number of ether oxygens (including phenoxy) is 1. The van der Waals surface area contributed by atoms with Crippen molar-refractivity contribution >= 4 is 39.1 Å². The molecule has 0 aliphatic carbocycles. The zero-order valence-electron chi connectivity index (χ0n) is 19.3. The monoisotopic (exact) mass is 519 g/mol. The molecule has 1 amide bonds. The Hall–Kier alpha value is -3.38. The van der Waals surface area contributed by atoms with Crippen LogP contribution in [-0.4, -0.2) is 23.4 Å². The molecule has 1 aliphatic heterocycles. The summed E-state index contributed by atoms with van der Waals surface area (Å²) in [7, 11) is 0. The second-order valence-corrected chi connectivity index (χ2v) is 9.34. The van der Waals surface area contributed by atoms with Gasteiger partial charge in [-0.1, -0.05) is 66.2 Å². The molecule has 0 radical (unpaired) electrons. The van der Waals surface area contributed by atoms with E-state index in [0.29, 0.717) is 35.1 Å². The van der Waals surface area contributed by atoms with Crippen molar-refractivity contribution in [1.29, 1.82) is 0 Å². The Morgan fingerprint density at radius 1 is 1.03 bits per heavy atom. The van der Waals surface area contributed by atoms with E-state index in [1.165, 1.54) is 4.90 Å². The quantitative estimate of drug-likeness (QED) is 0.226. The van der Waals surface area contributed by atoms with Crippen LogP contribution in [-0.2, 0) is 9.59 Å². The van der Waals surface area contributed by atoms with Gasteiger partial charge in [0.1, 0.15) is 11.5 Å². The van der Waals surface area contributed by atoms with Crippen LogP contribution in [0.25, 0.3) is 5.76 Å². The summed E-state index contributed by atoms with van der Waals surface area (Å²) in [6.07, 6.45) is 0. The Kier molecular flexibility index (Phi) is 6.89. The summed E-state index contributed by atoms with van der Waals surface area (Å²) in [6, 6.07) is 21.1. The Labute approximate surface area is 207 Å². The average Bonchev–Trinajstić information content (AvgIpc) is 3.10. The zero-order valence-corrected chi connectivity index (χ0v) is 20.9. The van der Waals surface area contributed by atoms with Crippen molar-refractivity contribution in [2.45, 2.75) is 32.7 Å². The van der Waals surface area contributed by atoms with Crippen LogP contribution < -0.4 is 9.64 Å². The van der Waals surface area contributed by atoms with Crippen molar-refractivity contribution in [3.8, 4) is 5.75 Å². The van der Waals surface area contributed by atoms with Crippen LogP contribution in [0.4, 0.5) is 5.69 Å². The number of carbonyl (C=O) groups excluding carboxylic acids is 2. The van der Waals surface area contributed by atoms with Crippen LogP contribution >= 0.6 is 15.9 Å². The van der Waals surface area contributed by atoms with Crippen molar-refractivity contribution < 1.29 is 19.4 Å². The minimum atomic E-state index is -0.797. The summed E-state index contributed by atoms with van der Waals surface area (Å²) in [5.41, 5.74) is 2.91. The summed E-state index contributed by atoms with van der Waals surface area (Å²) in [6.45, 7) is 6.57. The van der Waals surface area contributed by atoms with Gasteiger partial charge in [-0.25, -0.2) is 0 Å². The molecule has 1 N–H and O–H groups in total.